The number of aromatic nitrogens is 4. The molecular weight excluding hydrogens is 601 g/mol. The van der Waals surface area contributed by atoms with Crippen molar-refractivity contribution in [3.05, 3.63) is 145 Å². The zero-order chi connectivity index (χ0) is 33.2. The van der Waals surface area contributed by atoms with Crippen LogP contribution in [0.1, 0.15) is 50.7 Å². The number of para-hydroxylation sites is 2. The Bertz CT molecular complexity index is 2670. The normalized spacial score (nSPS) is 12.0. The SMILES string of the molecule is CC(C)c1cccc(C(C)C)c1-c1cnc2c3cc4c(cc3c3ccccc3n12)c1ccccc1n4-c1cccc(Oc2ccccn2)c1. The zero-order valence-corrected chi connectivity index (χ0v) is 28.1. The predicted octanol–water partition coefficient (Wildman–Crippen LogP) is 11.8. The molecule has 0 radical (unpaired) electrons. The maximum atomic E-state index is 6.18. The van der Waals surface area contributed by atoms with Crippen LogP contribution in [-0.4, -0.2) is 18.9 Å². The molecule has 0 fully saturated rings. The van der Waals surface area contributed by atoms with Gasteiger partial charge in [0.2, 0.25) is 5.88 Å². The van der Waals surface area contributed by atoms with Gasteiger partial charge in [0.1, 0.15) is 11.4 Å². The van der Waals surface area contributed by atoms with E-state index in [2.05, 4.69) is 139 Å². The minimum atomic E-state index is 0.374. The summed E-state index contributed by atoms with van der Waals surface area (Å²) in [6, 6.07) is 42.8. The van der Waals surface area contributed by atoms with E-state index >= 15 is 0 Å². The predicted molar refractivity (Wildman–Crippen MR) is 202 cm³/mol. The van der Waals surface area contributed by atoms with Crippen molar-refractivity contribution in [1.82, 2.24) is 18.9 Å². The first kappa shape index (κ1) is 29.2. The molecule has 0 aliphatic heterocycles. The second kappa shape index (κ2) is 11.3. The van der Waals surface area contributed by atoms with E-state index in [1.165, 1.54) is 38.2 Å². The van der Waals surface area contributed by atoms with Crippen molar-refractivity contribution in [2.75, 3.05) is 0 Å². The van der Waals surface area contributed by atoms with Gasteiger partial charge in [0, 0.05) is 51.1 Å². The molecule has 0 amide bonds. The first-order valence-electron chi connectivity index (χ1n) is 17.1. The fraction of sp³-hybridized carbons (Fsp3) is 0.136. The maximum absolute atomic E-state index is 6.18. The molecule has 0 spiro atoms. The third-order valence-corrected chi connectivity index (χ3v) is 9.81. The largest absolute Gasteiger partial charge is 0.439 e. The second-order valence-corrected chi connectivity index (χ2v) is 13.5. The second-order valence-electron chi connectivity index (χ2n) is 13.5. The van der Waals surface area contributed by atoms with Crippen LogP contribution in [0.2, 0.25) is 0 Å². The minimum Gasteiger partial charge on any atom is -0.439 e. The third kappa shape index (κ3) is 4.61. The smallest absolute Gasteiger partial charge is 0.219 e. The number of fused-ring (bicyclic) bond motifs is 9. The van der Waals surface area contributed by atoms with Crippen LogP contribution in [0.25, 0.3) is 66.1 Å². The molecule has 49 heavy (non-hydrogen) atoms. The van der Waals surface area contributed by atoms with E-state index < -0.39 is 0 Å². The van der Waals surface area contributed by atoms with E-state index in [9.17, 15) is 0 Å². The number of imidazole rings is 1. The van der Waals surface area contributed by atoms with Crippen LogP contribution in [0.3, 0.4) is 0 Å². The molecule has 0 aliphatic rings. The lowest BCUT2D eigenvalue weighted by Crippen LogP contribution is -2.02. The van der Waals surface area contributed by atoms with Crippen LogP contribution in [0.4, 0.5) is 0 Å². The van der Waals surface area contributed by atoms with Crippen LogP contribution < -0.4 is 4.74 Å². The van der Waals surface area contributed by atoms with Gasteiger partial charge in [-0.2, -0.15) is 0 Å². The monoisotopic (exact) mass is 636 g/mol. The Morgan fingerprint density at radius 3 is 1.98 bits per heavy atom. The fourth-order valence-corrected chi connectivity index (χ4v) is 7.62. The van der Waals surface area contributed by atoms with Crippen LogP contribution in [0.15, 0.2) is 134 Å². The van der Waals surface area contributed by atoms with Crippen LogP contribution >= 0.6 is 0 Å². The number of ether oxygens (including phenoxy) is 1. The van der Waals surface area contributed by atoms with Gasteiger partial charge < -0.3 is 9.30 Å². The molecular formula is C44H36N4O. The Labute approximate surface area is 285 Å². The van der Waals surface area contributed by atoms with Crippen molar-refractivity contribution < 1.29 is 4.74 Å². The molecule has 9 aromatic rings. The molecule has 9 rings (SSSR count). The van der Waals surface area contributed by atoms with E-state index in [4.69, 9.17) is 9.72 Å². The average molecular weight is 637 g/mol. The molecule has 4 aromatic heterocycles. The standard InChI is InChI=1S/C44H36N4O/c1-27(2)31-17-12-18-32(28(3)4)43(31)41-26-46-44-37-25-40-36(24-35(37)33-15-5-8-20-39(33)48(41)44)34-16-6-7-19-38(34)47(40)29-13-11-14-30(23-29)49-42-21-9-10-22-45-42/h5-28H,1-4H3. The summed E-state index contributed by atoms with van der Waals surface area (Å²) in [4.78, 5) is 9.59. The van der Waals surface area contributed by atoms with Gasteiger partial charge in [-0.1, -0.05) is 94.4 Å². The summed E-state index contributed by atoms with van der Waals surface area (Å²) < 4.78 is 10.9. The topological polar surface area (TPSA) is 44.4 Å². The van der Waals surface area contributed by atoms with Crippen molar-refractivity contribution in [3.8, 4) is 28.6 Å². The summed E-state index contributed by atoms with van der Waals surface area (Å²) in [5, 5.41) is 5.94. The lowest BCUT2D eigenvalue weighted by atomic mass is 9.87. The van der Waals surface area contributed by atoms with Crippen LogP contribution in [-0.2, 0) is 0 Å². The molecule has 4 heterocycles. The summed E-state index contributed by atoms with van der Waals surface area (Å²) in [5.41, 5.74) is 10.5. The average Bonchev–Trinajstić information content (AvgIpc) is 3.71. The number of rotatable bonds is 6. The number of benzene rings is 5. The van der Waals surface area contributed by atoms with E-state index in [0.717, 1.165) is 44.7 Å². The molecule has 0 bridgehead atoms. The van der Waals surface area contributed by atoms with Crippen molar-refractivity contribution in [3.63, 3.8) is 0 Å². The van der Waals surface area contributed by atoms with Crippen molar-refractivity contribution in [2.45, 2.75) is 39.5 Å². The van der Waals surface area contributed by atoms with Gasteiger partial charge >= 0.3 is 0 Å². The van der Waals surface area contributed by atoms with Crippen molar-refractivity contribution in [2.24, 2.45) is 0 Å². The number of nitrogens with zero attached hydrogens (tertiary/aromatic N) is 4. The van der Waals surface area contributed by atoms with Crippen LogP contribution in [0.5, 0.6) is 11.6 Å². The number of hydrogen-bond donors (Lipinski definition) is 0. The molecule has 0 atom stereocenters. The summed E-state index contributed by atoms with van der Waals surface area (Å²) in [6.45, 7) is 9.13. The zero-order valence-electron chi connectivity index (χ0n) is 28.1. The van der Waals surface area contributed by atoms with Crippen molar-refractivity contribution >= 4 is 49.1 Å². The Morgan fingerprint density at radius 1 is 0.551 bits per heavy atom. The Kier molecular flexibility index (Phi) is 6.76. The molecule has 5 nitrogen and oxygen atoms in total. The molecule has 0 saturated heterocycles. The molecule has 5 aromatic carbocycles. The number of hydrogen-bond acceptors (Lipinski definition) is 3. The minimum absolute atomic E-state index is 0.374. The third-order valence-electron chi connectivity index (χ3n) is 9.81. The molecule has 0 aliphatic carbocycles. The molecule has 0 saturated carbocycles. The lowest BCUT2D eigenvalue weighted by molar-refractivity contribution is 0.463. The summed E-state index contributed by atoms with van der Waals surface area (Å²) in [6.07, 6.45) is 3.83. The molecule has 238 valence electrons. The van der Waals surface area contributed by atoms with Crippen LogP contribution in [0, 0.1) is 0 Å². The van der Waals surface area contributed by atoms with E-state index in [1.807, 2.05) is 30.3 Å². The van der Waals surface area contributed by atoms with E-state index in [1.54, 1.807) is 6.20 Å². The van der Waals surface area contributed by atoms with Gasteiger partial charge in [-0.3, -0.25) is 4.40 Å². The number of pyridine rings is 2. The summed E-state index contributed by atoms with van der Waals surface area (Å²) >= 11 is 0. The lowest BCUT2D eigenvalue weighted by Gasteiger charge is -2.20. The molecule has 5 heteroatoms. The van der Waals surface area contributed by atoms with Gasteiger partial charge in [-0.05, 0) is 70.8 Å². The first-order chi connectivity index (χ1) is 24.0. The Hall–Kier alpha value is -5.94. The van der Waals surface area contributed by atoms with Crippen molar-refractivity contribution in [1.29, 1.82) is 0 Å². The summed E-state index contributed by atoms with van der Waals surface area (Å²) in [5.74, 6) is 2.05. The van der Waals surface area contributed by atoms with Gasteiger partial charge in [-0.25, -0.2) is 9.97 Å². The van der Waals surface area contributed by atoms with Gasteiger partial charge in [0.25, 0.3) is 0 Å². The Balaban J connectivity index is 1.36. The Morgan fingerprint density at radius 2 is 1.24 bits per heavy atom. The quantitative estimate of drug-likeness (QED) is 0.171. The fourth-order valence-electron chi connectivity index (χ4n) is 7.62. The van der Waals surface area contributed by atoms with Gasteiger partial charge in [0.15, 0.2) is 0 Å². The summed E-state index contributed by atoms with van der Waals surface area (Å²) in [7, 11) is 0. The highest BCUT2D eigenvalue weighted by atomic mass is 16.5. The van der Waals surface area contributed by atoms with E-state index in [0.29, 0.717) is 17.7 Å². The van der Waals surface area contributed by atoms with E-state index in [-0.39, 0.29) is 0 Å². The van der Waals surface area contributed by atoms with Gasteiger partial charge in [0.05, 0.1) is 28.4 Å². The highest BCUT2D eigenvalue weighted by molar-refractivity contribution is 6.21. The molecule has 0 unspecified atom stereocenters. The molecule has 0 N–H and O–H groups in total. The highest BCUT2D eigenvalue weighted by Gasteiger charge is 2.22. The highest BCUT2D eigenvalue weighted by Crippen LogP contribution is 2.42. The first-order valence-corrected chi connectivity index (χ1v) is 17.1. The maximum Gasteiger partial charge on any atom is 0.219 e. The van der Waals surface area contributed by atoms with Gasteiger partial charge in [-0.15, -0.1) is 0 Å².